The molecule has 0 radical (unpaired) electrons. The molecule has 0 saturated carbocycles. The van der Waals surface area contributed by atoms with Gasteiger partial charge in [0.2, 0.25) is 10.0 Å². The highest BCUT2D eigenvalue weighted by atomic mass is 32.2. The smallest absolute Gasteiger partial charge is 0.240 e. The van der Waals surface area contributed by atoms with E-state index >= 15 is 0 Å². The number of benzene rings is 1. The Morgan fingerprint density at radius 2 is 1.79 bits per heavy atom. The molecule has 0 aliphatic rings. The second kappa shape index (κ2) is 7.00. The predicted molar refractivity (Wildman–Crippen MR) is 112 cm³/mol. The molecule has 0 saturated heterocycles. The largest absolute Gasteiger partial charge is 0.320 e. The number of nitrogens with one attached hydrogen (secondary N) is 2. The molecule has 2 N–H and O–H groups in total. The lowest BCUT2D eigenvalue weighted by Gasteiger charge is -2.14. The van der Waals surface area contributed by atoms with Crippen molar-refractivity contribution >= 4 is 21.1 Å². The summed E-state index contributed by atoms with van der Waals surface area (Å²) >= 11 is 0. The zero-order valence-electron chi connectivity index (χ0n) is 17.5. The molecule has 8 heteroatoms. The van der Waals surface area contributed by atoms with Crippen molar-refractivity contribution in [3.8, 4) is 11.5 Å². The van der Waals surface area contributed by atoms with E-state index in [0.29, 0.717) is 5.52 Å². The number of hydrogen-bond donors (Lipinski definition) is 2. The SMILES string of the molecule is CC(C)NS(=O)(=O)c1ccc2c(c1)nc(-c1cc(C(C)(C)C)[nH]n1)n2C(C)C. The molecule has 1 aromatic carbocycles. The van der Waals surface area contributed by atoms with Crippen LogP contribution in [0, 0.1) is 0 Å². The molecule has 3 rings (SSSR count). The average Bonchev–Trinajstić information content (AvgIpc) is 3.17. The summed E-state index contributed by atoms with van der Waals surface area (Å²) in [6.07, 6.45) is 0. The summed E-state index contributed by atoms with van der Waals surface area (Å²) in [6, 6.07) is 7.05. The van der Waals surface area contributed by atoms with Crippen molar-refractivity contribution in [1.82, 2.24) is 24.5 Å². The number of sulfonamides is 1. The van der Waals surface area contributed by atoms with Crippen LogP contribution in [-0.2, 0) is 15.4 Å². The summed E-state index contributed by atoms with van der Waals surface area (Å²) in [4.78, 5) is 4.96. The lowest BCUT2D eigenvalue weighted by atomic mass is 9.92. The molecule has 2 aromatic heterocycles. The highest BCUT2D eigenvalue weighted by molar-refractivity contribution is 7.89. The molecule has 152 valence electrons. The number of nitrogens with zero attached hydrogens (tertiary/aromatic N) is 3. The third-order valence-electron chi connectivity index (χ3n) is 4.49. The number of imidazole rings is 1. The van der Waals surface area contributed by atoms with Gasteiger partial charge in [-0.05, 0) is 52.0 Å². The quantitative estimate of drug-likeness (QED) is 0.674. The van der Waals surface area contributed by atoms with Crippen LogP contribution >= 0.6 is 0 Å². The first-order chi connectivity index (χ1) is 12.9. The van der Waals surface area contributed by atoms with Gasteiger partial charge in [0.25, 0.3) is 0 Å². The van der Waals surface area contributed by atoms with Crippen molar-refractivity contribution in [2.24, 2.45) is 0 Å². The van der Waals surface area contributed by atoms with Gasteiger partial charge in [0.1, 0.15) is 5.69 Å². The maximum atomic E-state index is 12.5. The average molecular weight is 404 g/mol. The second-order valence-corrected chi connectivity index (χ2v) is 10.5. The summed E-state index contributed by atoms with van der Waals surface area (Å²) in [5.74, 6) is 0.725. The molecular weight excluding hydrogens is 374 g/mol. The number of H-pyrrole nitrogens is 1. The van der Waals surface area contributed by atoms with Gasteiger partial charge in [0, 0.05) is 23.2 Å². The molecule has 0 unspecified atom stereocenters. The first-order valence-corrected chi connectivity index (χ1v) is 11.0. The van der Waals surface area contributed by atoms with Gasteiger partial charge in [-0.2, -0.15) is 5.10 Å². The van der Waals surface area contributed by atoms with Crippen molar-refractivity contribution in [2.45, 2.75) is 70.9 Å². The second-order valence-electron chi connectivity index (χ2n) is 8.74. The molecule has 3 aromatic rings. The van der Waals surface area contributed by atoms with E-state index in [4.69, 9.17) is 4.98 Å². The Morgan fingerprint density at radius 3 is 2.32 bits per heavy atom. The minimum absolute atomic E-state index is 0.0519. The van der Waals surface area contributed by atoms with E-state index in [1.165, 1.54) is 0 Å². The number of fused-ring (bicyclic) bond motifs is 1. The van der Waals surface area contributed by atoms with Crippen molar-refractivity contribution in [2.75, 3.05) is 0 Å². The minimum atomic E-state index is -3.58. The third kappa shape index (κ3) is 3.84. The highest BCUT2D eigenvalue weighted by Crippen LogP contribution is 2.31. The van der Waals surface area contributed by atoms with Gasteiger partial charge in [0.15, 0.2) is 5.82 Å². The van der Waals surface area contributed by atoms with Crippen molar-refractivity contribution in [3.05, 3.63) is 30.0 Å². The van der Waals surface area contributed by atoms with Crippen molar-refractivity contribution < 1.29 is 8.42 Å². The molecular formula is C20H29N5O2S. The van der Waals surface area contributed by atoms with Crippen LogP contribution in [0.15, 0.2) is 29.2 Å². The van der Waals surface area contributed by atoms with Crippen LogP contribution in [0.2, 0.25) is 0 Å². The fraction of sp³-hybridized carbons (Fsp3) is 0.500. The van der Waals surface area contributed by atoms with Crippen LogP contribution in [0.25, 0.3) is 22.6 Å². The van der Waals surface area contributed by atoms with Gasteiger partial charge >= 0.3 is 0 Å². The normalized spacial score (nSPS) is 13.2. The van der Waals surface area contributed by atoms with Crippen molar-refractivity contribution in [3.63, 3.8) is 0 Å². The van der Waals surface area contributed by atoms with Gasteiger partial charge in [-0.25, -0.2) is 18.1 Å². The van der Waals surface area contributed by atoms with Gasteiger partial charge in [-0.1, -0.05) is 20.8 Å². The molecule has 0 fully saturated rings. The molecule has 0 bridgehead atoms. The Kier molecular flexibility index (Phi) is 5.14. The van der Waals surface area contributed by atoms with E-state index in [0.717, 1.165) is 22.7 Å². The number of hydrogen-bond acceptors (Lipinski definition) is 4. The van der Waals surface area contributed by atoms with Gasteiger partial charge in [0.05, 0.1) is 15.9 Å². The first-order valence-electron chi connectivity index (χ1n) is 9.50. The molecule has 0 atom stereocenters. The molecule has 7 nitrogen and oxygen atoms in total. The monoisotopic (exact) mass is 403 g/mol. The zero-order valence-corrected chi connectivity index (χ0v) is 18.3. The summed E-state index contributed by atoms with van der Waals surface area (Å²) < 4.78 is 29.8. The Balaban J connectivity index is 2.16. The Bertz CT molecular complexity index is 1100. The summed E-state index contributed by atoms with van der Waals surface area (Å²) in [5, 5.41) is 7.57. The summed E-state index contributed by atoms with van der Waals surface area (Å²) in [6.45, 7) is 14.1. The first kappa shape index (κ1) is 20.5. The Hall–Kier alpha value is -2.19. The van der Waals surface area contributed by atoms with Crippen LogP contribution < -0.4 is 4.72 Å². The fourth-order valence-electron chi connectivity index (χ4n) is 3.15. The zero-order chi connectivity index (χ0) is 20.9. The molecule has 0 amide bonds. The summed E-state index contributed by atoms with van der Waals surface area (Å²) in [7, 11) is -3.58. The maximum Gasteiger partial charge on any atom is 0.240 e. The molecule has 0 aliphatic carbocycles. The minimum Gasteiger partial charge on any atom is -0.320 e. The molecule has 0 spiro atoms. The van der Waals surface area contributed by atoms with E-state index in [2.05, 4.69) is 54.1 Å². The van der Waals surface area contributed by atoms with E-state index in [1.807, 2.05) is 12.1 Å². The van der Waals surface area contributed by atoms with Crippen LogP contribution in [0.3, 0.4) is 0 Å². The van der Waals surface area contributed by atoms with Crippen LogP contribution in [0.1, 0.15) is 60.2 Å². The standard InChI is InChI=1S/C20H29N5O2S/c1-12(2)24-28(26,27)14-8-9-17-15(10-14)21-19(25(17)13(3)4)16-11-18(23-22-16)20(5,6)7/h8-13,24H,1-7H3,(H,22,23). The van der Waals surface area contributed by atoms with Gasteiger partial charge in [-0.3, -0.25) is 5.10 Å². The topological polar surface area (TPSA) is 92.7 Å². The van der Waals surface area contributed by atoms with Crippen LogP contribution in [0.4, 0.5) is 0 Å². The number of aromatic amines is 1. The number of rotatable bonds is 5. The van der Waals surface area contributed by atoms with Crippen molar-refractivity contribution in [1.29, 1.82) is 0 Å². The molecule has 2 heterocycles. The van der Waals surface area contributed by atoms with Crippen LogP contribution in [-0.4, -0.2) is 34.2 Å². The summed E-state index contributed by atoms with van der Waals surface area (Å²) in [5.41, 5.74) is 3.24. The highest BCUT2D eigenvalue weighted by Gasteiger charge is 2.23. The third-order valence-corrected chi connectivity index (χ3v) is 6.15. The molecule has 28 heavy (non-hydrogen) atoms. The maximum absolute atomic E-state index is 12.5. The lowest BCUT2D eigenvalue weighted by molar-refractivity contribution is 0.566. The number of aromatic nitrogens is 4. The Labute approximate surface area is 166 Å². The van der Waals surface area contributed by atoms with Gasteiger partial charge < -0.3 is 4.57 Å². The lowest BCUT2D eigenvalue weighted by Crippen LogP contribution is -2.30. The van der Waals surface area contributed by atoms with E-state index in [-0.39, 0.29) is 22.4 Å². The predicted octanol–water partition coefficient (Wildman–Crippen LogP) is 3.99. The fourth-order valence-corrected chi connectivity index (χ4v) is 4.42. The Morgan fingerprint density at radius 1 is 1.11 bits per heavy atom. The molecule has 0 aliphatic heterocycles. The van der Waals surface area contributed by atoms with E-state index in [9.17, 15) is 8.42 Å². The van der Waals surface area contributed by atoms with E-state index < -0.39 is 10.0 Å². The van der Waals surface area contributed by atoms with E-state index in [1.54, 1.807) is 26.0 Å². The van der Waals surface area contributed by atoms with Crippen LogP contribution in [0.5, 0.6) is 0 Å². The van der Waals surface area contributed by atoms with Gasteiger partial charge in [-0.15, -0.1) is 0 Å².